The van der Waals surface area contributed by atoms with Gasteiger partial charge >= 0.3 is 5.97 Å². The van der Waals surface area contributed by atoms with Gasteiger partial charge in [-0.05, 0) is 57.0 Å². The fraction of sp³-hybridized carbons (Fsp3) is 0.400. The molecule has 2 aromatic rings. The van der Waals surface area contributed by atoms with Gasteiger partial charge in [-0.1, -0.05) is 0 Å². The molecule has 0 unspecified atom stereocenters. The predicted octanol–water partition coefficient (Wildman–Crippen LogP) is 2.73. The van der Waals surface area contributed by atoms with Crippen molar-refractivity contribution in [2.75, 3.05) is 6.54 Å². The van der Waals surface area contributed by atoms with E-state index in [4.69, 9.17) is 5.73 Å². The van der Waals surface area contributed by atoms with E-state index in [2.05, 4.69) is 24.6 Å². The Morgan fingerprint density at radius 3 is 2.63 bits per heavy atom. The topological polar surface area (TPSA) is 68.2 Å². The van der Waals surface area contributed by atoms with E-state index in [0.29, 0.717) is 18.2 Å². The summed E-state index contributed by atoms with van der Waals surface area (Å²) in [6.45, 7) is 6.76. The van der Waals surface area contributed by atoms with Crippen molar-refractivity contribution in [3.63, 3.8) is 0 Å². The molecule has 0 fully saturated rings. The van der Waals surface area contributed by atoms with Crippen LogP contribution in [0.15, 0.2) is 18.3 Å². The van der Waals surface area contributed by atoms with E-state index in [0.717, 1.165) is 28.5 Å². The summed E-state index contributed by atoms with van der Waals surface area (Å²) in [5, 5.41) is 10.2. The van der Waals surface area contributed by atoms with E-state index >= 15 is 0 Å². The highest BCUT2D eigenvalue weighted by molar-refractivity contribution is 5.96. The molecule has 0 atom stereocenters. The molecule has 0 bridgehead atoms. The maximum absolute atomic E-state index is 11.2. The number of carboxylic acids is 1. The number of rotatable bonds is 4. The van der Waals surface area contributed by atoms with Crippen molar-refractivity contribution in [3.05, 3.63) is 35.0 Å². The zero-order valence-corrected chi connectivity index (χ0v) is 11.6. The summed E-state index contributed by atoms with van der Waals surface area (Å²) in [5.41, 5.74) is 9.21. The number of benzene rings is 1. The van der Waals surface area contributed by atoms with Crippen molar-refractivity contribution >= 4 is 16.9 Å². The number of aromatic carboxylic acids is 1. The van der Waals surface area contributed by atoms with Crippen LogP contribution in [0.2, 0.25) is 0 Å². The summed E-state index contributed by atoms with van der Waals surface area (Å²) in [6, 6.07) is 3.83. The maximum atomic E-state index is 11.2. The zero-order chi connectivity index (χ0) is 14.2. The molecule has 19 heavy (non-hydrogen) atoms. The van der Waals surface area contributed by atoms with Crippen molar-refractivity contribution < 1.29 is 9.90 Å². The fourth-order valence-corrected chi connectivity index (χ4v) is 2.55. The predicted molar refractivity (Wildman–Crippen MR) is 76.8 cm³/mol. The molecule has 3 N–H and O–H groups in total. The van der Waals surface area contributed by atoms with Crippen molar-refractivity contribution in [2.24, 2.45) is 5.73 Å². The summed E-state index contributed by atoms with van der Waals surface area (Å²) in [4.78, 5) is 11.2. The van der Waals surface area contributed by atoms with Gasteiger partial charge < -0.3 is 15.4 Å². The standard InChI is InChI=1S/C15H20N2O2/c1-9(2)17-8-11(4-5-16)13-7-12(15(18)19)6-10(3)14(13)17/h6-9H,4-5,16H2,1-3H3,(H,18,19). The molecule has 2 rings (SSSR count). The third kappa shape index (κ3) is 2.36. The minimum Gasteiger partial charge on any atom is -0.478 e. The minimum atomic E-state index is -0.888. The first-order valence-corrected chi connectivity index (χ1v) is 6.53. The van der Waals surface area contributed by atoms with E-state index in [1.165, 1.54) is 0 Å². The van der Waals surface area contributed by atoms with Gasteiger partial charge in [-0.3, -0.25) is 0 Å². The SMILES string of the molecule is Cc1cc(C(=O)O)cc2c(CCN)cn(C(C)C)c12. The Bertz CT molecular complexity index is 627. The molecular weight excluding hydrogens is 240 g/mol. The number of hydrogen-bond acceptors (Lipinski definition) is 2. The summed E-state index contributed by atoms with van der Waals surface area (Å²) in [7, 11) is 0. The van der Waals surface area contributed by atoms with Crippen LogP contribution in [-0.2, 0) is 6.42 Å². The summed E-state index contributed by atoms with van der Waals surface area (Å²) < 4.78 is 2.20. The lowest BCUT2D eigenvalue weighted by atomic mass is 10.0. The lowest BCUT2D eigenvalue weighted by Crippen LogP contribution is -2.02. The number of fused-ring (bicyclic) bond motifs is 1. The summed E-state index contributed by atoms with van der Waals surface area (Å²) >= 11 is 0. The van der Waals surface area contributed by atoms with Gasteiger partial charge in [-0.25, -0.2) is 4.79 Å². The number of carbonyl (C=O) groups is 1. The van der Waals surface area contributed by atoms with E-state index < -0.39 is 5.97 Å². The van der Waals surface area contributed by atoms with Gasteiger partial charge in [0, 0.05) is 17.6 Å². The smallest absolute Gasteiger partial charge is 0.335 e. The minimum absolute atomic E-state index is 0.336. The van der Waals surface area contributed by atoms with E-state index in [1.807, 2.05) is 6.92 Å². The molecular formula is C15H20N2O2. The number of aromatic nitrogens is 1. The third-order valence-electron chi connectivity index (χ3n) is 3.42. The Hall–Kier alpha value is -1.81. The number of hydrogen-bond donors (Lipinski definition) is 2. The van der Waals surface area contributed by atoms with Crippen molar-refractivity contribution in [3.8, 4) is 0 Å². The molecule has 0 radical (unpaired) electrons. The molecule has 0 spiro atoms. The Labute approximate surface area is 112 Å². The molecule has 1 heterocycles. The highest BCUT2D eigenvalue weighted by atomic mass is 16.4. The average Bonchev–Trinajstić information content (AvgIpc) is 2.69. The van der Waals surface area contributed by atoms with E-state index in [-0.39, 0.29) is 0 Å². The number of carboxylic acid groups (broad SMARTS) is 1. The van der Waals surface area contributed by atoms with Gasteiger partial charge in [0.15, 0.2) is 0 Å². The van der Waals surface area contributed by atoms with Gasteiger partial charge in [-0.15, -0.1) is 0 Å². The first kappa shape index (κ1) is 13.6. The molecule has 1 aromatic carbocycles. The summed E-state index contributed by atoms with van der Waals surface area (Å²) in [6.07, 6.45) is 2.86. The monoisotopic (exact) mass is 260 g/mol. The van der Waals surface area contributed by atoms with Crippen LogP contribution in [0.1, 0.15) is 41.4 Å². The normalized spacial score (nSPS) is 11.4. The van der Waals surface area contributed by atoms with Crippen LogP contribution in [0.3, 0.4) is 0 Å². The second-order valence-electron chi connectivity index (χ2n) is 5.19. The van der Waals surface area contributed by atoms with Gasteiger partial charge in [0.25, 0.3) is 0 Å². The molecule has 0 saturated carbocycles. The molecule has 4 nitrogen and oxygen atoms in total. The Morgan fingerprint density at radius 2 is 2.11 bits per heavy atom. The van der Waals surface area contributed by atoms with Crippen LogP contribution >= 0.6 is 0 Å². The van der Waals surface area contributed by atoms with Crippen LogP contribution in [-0.4, -0.2) is 22.2 Å². The van der Waals surface area contributed by atoms with Crippen molar-refractivity contribution in [2.45, 2.75) is 33.2 Å². The second-order valence-corrected chi connectivity index (χ2v) is 5.19. The highest BCUT2D eigenvalue weighted by Gasteiger charge is 2.15. The molecule has 0 saturated heterocycles. The van der Waals surface area contributed by atoms with Crippen LogP contribution in [0.25, 0.3) is 10.9 Å². The van der Waals surface area contributed by atoms with Gasteiger partial charge in [0.2, 0.25) is 0 Å². The molecule has 4 heteroatoms. The van der Waals surface area contributed by atoms with Crippen molar-refractivity contribution in [1.82, 2.24) is 4.57 Å². The second kappa shape index (κ2) is 5.05. The number of nitrogens with zero attached hydrogens (tertiary/aromatic N) is 1. The first-order valence-electron chi connectivity index (χ1n) is 6.53. The number of nitrogens with two attached hydrogens (primary N) is 1. The zero-order valence-electron chi connectivity index (χ0n) is 11.6. The summed E-state index contributed by atoms with van der Waals surface area (Å²) in [5.74, 6) is -0.888. The Balaban J connectivity index is 2.78. The van der Waals surface area contributed by atoms with E-state index in [9.17, 15) is 9.90 Å². The molecule has 0 aliphatic carbocycles. The average molecular weight is 260 g/mol. The molecule has 0 amide bonds. The molecule has 0 aliphatic heterocycles. The lowest BCUT2D eigenvalue weighted by molar-refractivity contribution is 0.0697. The number of aryl methyl sites for hydroxylation is 1. The Morgan fingerprint density at radius 1 is 1.42 bits per heavy atom. The Kier molecular flexibility index (Phi) is 3.62. The van der Waals surface area contributed by atoms with Crippen LogP contribution in [0.4, 0.5) is 0 Å². The van der Waals surface area contributed by atoms with Gasteiger partial charge in [0.1, 0.15) is 0 Å². The third-order valence-corrected chi connectivity index (χ3v) is 3.42. The van der Waals surface area contributed by atoms with Gasteiger partial charge in [0.05, 0.1) is 11.1 Å². The molecule has 1 aromatic heterocycles. The first-order chi connectivity index (χ1) is 8.95. The van der Waals surface area contributed by atoms with E-state index in [1.54, 1.807) is 12.1 Å². The largest absolute Gasteiger partial charge is 0.478 e. The fourth-order valence-electron chi connectivity index (χ4n) is 2.55. The van der Waals surface area contributed by atoms with Crippen molar-refractivity contribution in [1.29, 1.82) is 0 Å². The maximum Gasteiger partial charge on any atom is 0.335 e. The molecule has 102 valence electrons. The lowest BCUT2D eigenvalue weighted by Gasteiger charge is -2.11. The van der Waals surface area contributed by atoms with Crippen LogP contribution in [0, 0.1) is 6.92 Å². The van der Waals surface area contributed by atoms with Crippen LogP contribution in [0.5, 0.6) is 0 Å². The quantitative estimate of drug-likeness (QED) is 0.888. The van der Waals surface area contributed by atoms with Gasteiger partial charge in [-0.2, -0.15) is 0 Å². The highest BCUT2D eigenvalue weighted by Crippen LogP contribution is 2.29. The molecule has 0 aliphatic rings. The van der Waals surface area contributed by atoms with Crippen LogP contribution < -0.4 is 5.73 Å².